The van der Waals surface area contributed by atoms with Gasteiger partial charge in [0, 0.05) is 24.0 Å². The summed E-state index contributed by atoms with van der Waals surface area (Å²) >= 11 is 0. The molecule has 1 N–H and O–H groups in total. The Morgan fingerprint density at radius 2 is 2.00 bits per heavy atom. The molecule has 154 valence electrons. The van der Waals surface area contributed by atoms with Crippen LogP contribution < -0.4 is 4.74 Å². The van der Waals surface area contributed by atoms with Crippen LogP contribution in [0.25, 0.3) is 11.0 Å². The molecule has 0 spiro atoms. The molecule has 1 aliphatic rings. The van der Waals surface area contributed by atoms with Gasteiger partial charge in [-0.05, 0) is 74.9 Å². The molecule has 4 rings (SSSR count). The van der Waals surface area contributed by atoms with Gasteiger partial charge in [0.2, 0.25) is 0 Å². The van der Waals surface area contributed by atoms with E-state index in [4.69, 9.17) is 19.6 Å². The van der Waals surface area contributed by atoms with Gasteiger partial charge in [0.05, 0.1) is 17.3 Å². The molecule has 1 amide bonds. The average Bonchev–Trinajstić information content (AvgIpc) is 3.19. The summed E-state index contributed by atoms with van der Waals surface area (Å²) in [5.41, 5.74) is 3.11. The summed E-state index contributed by atoms with van der Waals surface area (Å²) in [5, 5.41) is 23.2. The summed E-state index contributed by atoms with van der Waals surface area (Å²) in [6.45, 7) is 3.15. The number of amides is 1. The molecule has 1 aromatic heterocycles. The number of piperidine rings is 1. The molecule has 3 aromatic rings. The molecule has 1 saturated heterocycles. The Balaban J connectivity index is 1.43. The van der Waals surface area contributed by atoms with Gasteiger partial charge in [0.15, 0.2) is 5.58 Å². The number of fused-ring (bicyclic) bond motifs is 1. The predicted octanol–water partition coefficient (Wildman–Crippen LogP) is 5.12. The zero-order valence-corrected chi connectivity index (χ0v) is 16.8. The number of ether oxygens (including phenoxy) is 1. The lowest BCUT2D eigenvalue weighted by Crippen LogP contribution is -2.37. The van der Waals surface area contributed by atoms with Gasteiger partial charge in [-0.1, -0.05) is 5.16 Å². The molecular weight excluding hydrogens is 382 g/mol. The van der Waals surface area contributed by atoms with E-state index in [1.54, 1.807) is 24.3 Å². The van der Waals surface area contributed by atoms with Crippen molar-refractivity contribution in [2.45, 2.75) is 32.6 Å². The number of nitrogens with zero attached hydrogens (tertiary/aromatic N) is 3. The topological polar surface area (TPSA) is 99.6 Å². The van der Waals surface area contributed by atoms with E-state index in [0.717, 1.165) is 47.9 Å². The van der Waals surface area contributed by atoms with Crippen LogP contribution >= 0.6 is 0 Å². The van der Waals surface area contributed by atoms with E-state index in [-0.39, 0.29) is 0 Å². The second-order valence-corrected chi connectivity index (χ2v) is 7.68. The van der Waals surface area contributed by atoms with Crippen LogP contribution in [0.15, 0.2) is 40.9 Å². The molecule has 0 atom stereocenters. The van der Waals surface area contributed by atoms with E-state index in [0.29, 0.717) is 36.1 Å². The van der Waals surface area contributed by atoms with Gasteiger partial charge < -0.3 is 19.3 Å². The van der Waals surface area contributed by atoms with E-state index >= 15 is 0 Å². The smallest absolute Gasteiger partial charge is 0.407 e. The fourth-order valence-electron chi connectivity index (χ4n) is 3.94. The summed E-state index contributed by atoms with van der Waals surface area (Å²) in [6, 6.07) is 13.0. The number of aromatic nitrogens is 1. The number of benzene rings is 2. The lowest BCUT2D eigenvalue weighted by Gasteiger charge is -2.29. The highest BCUT2D eigenvalue weighted by Crippen LogP contribution is 2.33. The fourth-order valence-corrected chi connectivity index (χ4v) is 3.94. The Hall–Kier alpha value is -3.53. The normalized spacial score (nSPS) is 14.6. The summed E-state index contributed by atoms with van der Waals surface area (Å²) < 4.78 is 11.6. The second kappa shape index (κ2) is 8.46. The number of carboxylic acid groups (broad SMARTS) is 1. The van der Waals surface area contributed by atoms with E-state index in [1.165, 1.54) is 4.90 Å². The molecule has 2 aromatic carbocycles. The first kappa shape index (κ1) is 19.8. The number of aryl methyl sites for hydroxylation is 2. The minimum atomic E-state index is -0.828. The lowest BCUT2D eigenvalue weighted by molar-refractivity contribution is 0.123. The molecule has 1 aliphatic heterocycles. The van der Waals surface area contributed by atoms with Crippen molar-refractivity contribution < 1.29 is 19.2 Å². The summed E-state index contributed by atoms with van der Waals surface area (Å²) in [7, 11) is 0. The Morgan fingerprint density at radius 3 is 2.67 bits per heavy atom. The number of likely N-dealkylation sites (tertiary alicyclic amines) is 1. The predicted molar refractivity (Wildman–Crippen MR) is 111 cm³/mol. The van der Waals surface area contributed by atoms with Crippen molar-refractivity contribution in [3.8, 4) is 17.6 Å². The SMILES string of the molecule is Cc1c(Oc2ccc(C#N)cc2)ccc2c(CCC3CCN(C(=O)O)CC3)noc12. The van der Waals surface area contributed by atoms with Crippen LogP contribution in [0.5, 0.6) is 11.5 Å². The van der Waals surface area contributed by atoms with Crippen LogP contribution in [-0.2, 0) is 6.42 Å². The molecule has 7 heteroatoms. The second-order valence-electron chi connectivity index (χ2n) is 7.68. The van der Waals surface area contributed by atoms with Crippen molar-refractivity contribution in [3.63, 3.8) is 0 Å². The summed E-state index contributed by atoms with van der Waals surface area (Å²) in [4.78, 5) is 12.5. The van der Waals surface area contributed by atoms with Crippen LogP contribution in [0, 0.1) is 24.2 Å². The van der Waals surface area contributed by atoms with Crippen LogP contribution in [0.1, 0.15) is 36.1 Å². The van der Waals surface area contributed by atoms with Crippen LogP contribution in [0.4, 0.5) is 4.79 Å². The summed E-state index contributed by atoms with van der Waals surface area (Å²) in [5.74, 6) is 1.85. The number of carbonyl (C=O) groups is 1. The zero-order valence-electron chi connectivity index (χ0n) is 16.8. The number of nitriles is 1. The highest BCUT2D eigenvalue weighted by molar-refractivity contribution is 5.84. The Kier molecular flexibility index (Phi) is 5.57. The Morgan fingerprint density at radius 1 is 1.27 bits per heavy atom. The quantitative estimate of drug-likeness (QED) is 0.632. The first-order valence-electron chi connectivity index (χ1n) is 10.1. The van der Waals surface area contributed by atoms with Crippen molar-refractivity contribution in [2.24, 2.45) is 5.92 Å². The van der Waals surface area contributed by atoms with E-state index in [9.17, 15) is 4.79 Å². The fraction of sp³-hybridized carbons (Fsp3) is 0.348. The van der Waals surface area contributed by atoms with Gasteiger partial charge in [0.1, 0.15) is 11.5 Å². The van der Waals surface area contributed by atoms with Gasteiger partial charge in [0.25, 0.3) is 0 Å². The number of hydrogen-bond donors (Lipinski definition) is 1. The minimum Gasteiger partial charge on any atom is -0.465 e. The van der Waals surface area contributed by atoms with Crippen molar-refractivity contribution in [3.05, 3.63) is 53.2 Å². The van der Waals surface area contributed by atoms with E-state index in [2.05, 4.69) is 11.2 Å². The Labute approximate surface area is 174 Å². The van der Waals surface area contributed by atoms with Crippen molar-refractivity contribution in [1.82, 2.24) is 10.1 Å². The first-order valence-corrected chi connectivity index (χ1v) is 10.1. The maximum Gasteiger partial charge on any atom is 0.407 e. The number of rotatable bonds is 5. The van der Waals surface area contributed by atoms with Gasteiger partial charge in [-0.3, -0.25) is 0 Å². The average molecular weight is 405 g/mol. The van der Waals surface area contributed by atoms with Crippen molar-refractivity contribution in [2.75, 3.05) is 13.1 Å². The molecular formula is C23H23N3O4. The molecule has 7 nitrogen and oxygen atoms in total. The van der Waals surface area contributed by atoms with Crippen molar-refractivity contribution in [1.29, 1.82) is 5.26 Å². The molecule has 2 heterocycles. The maximum absolute atomic E-state index is 11.0. The highest BCUT2D eigenvalue weighted by Gasteiger charge is 2.23. The molecule has 0 saturated carbocycles. The zero-order chi connectivity index (χ0) is 21.1. The minimum absolute atomic E-state index is 0.507. The first-order chi connectivity index (χ1) is 14.5. The third-order valence-electron chi connectivity index (χ3n) is 5.80. The lowest BCUT2D eigenvalue weighted by atomic mass is 9.91. The van der Waals surface area contributed by atoms with E-state index in [1.807, 2.05) is 19.1 Å². The molecule has 0 unspecified atom stereocenters. The Bertz CT molecular complexity index is 1090. The highest BCUT2D eigenvalue weighted by atomic mass is 16.5. The van der Waals surface area contributed by atoms with E-state index < -0.39 is 6.09 Å². The summed E-state index contributed by atoms with van der Waals surface area (Å²) in [6.07, 6.45) is 2.73. The van der Waals surface area contributed by atoms with Crippen LogP contribution in [-0.4, -0.2) is 34.3 Å². The van der Waals surface area contributed by atoms with Gasteiger partial charge in [-0.25, -0.2) is 4.79 Å². The van der Waals surface area contributed by atoms with Gasteiger partial charge in [-0.2, -0.15) is 5.26 Å². The van der Waals surface area contributed by atoms with Crippen LogP contribution in [0.2, 0.25) is 0 Å². The van der Waals surface area contributed by atoms with Crippen LogP contribution in [0.3, 0.4) is 0 Å². The maximum atomic E-state index is 11.0. The molecule has 0 bridgehead atoms. The molecule has 30 heavy (non-hydrogen) atoms. The largest absolute Gasteiger partial charge is 0.465 e. The monoisotopic (exact) mass is 405 g/mol. The number of hydrogen-bond acceptors (Lipinski definition) is 5. The van der Waals surface area contributed by atoms with Gasteiger partial charge in [-0.15, -0.1) is 0 Å². The molecule has 0 radical (unpaired) electrons. The molecule has 1 fully saturated rings. The third-order valence-corrected chi connectivity index (χ3v) is 5.80. The third kappa shape index (κ3) is 4.08. The molecule has 0 aliphatic carbocycles. The standard InChI is InChI=1S/C23H23N3O4/c1-15-21(29-18-5-2-17(14-24)3-6-18)9-7-19-20(25-30-22(15)19)8-4-16-10-12-26(13-11-16)23(27)28/h2-3,5-7,9,16H,4,8,10-13H2,1H3,(H,27,28). The van der Waals surface area contributed by atoms with Crippen molar-refractivity contribution >= 4 is 17.1 Å². The van der Waals surface area contributed by atoms with Gasteiger partial charge >= 0.3 is 6.09 Å².